The number of rotatable bonds is 5. The van der Waals surface area contributed by atoms with Crippen LogP contribution in [0.5, 0.6) is 0 Å². The van der Waals surface area contributed by atoms with Gasteiger partial charge in [0.1, 0.15) is 0 Å². The molecular weight excluding hydrogens is 388 g/mol. The first-order valence-corrected chi connectivity index (χ1v) is 11.4. The SMILES string of the molecule is Cc1cc(C)cc(NS(=O)(=O)C2NNCC2C(=O)Nc2ccc3c(c2)CCC3)c1. The number of hydrogen-bond acceptors (Lipinski definition) is 5. The number of fused-ring (bicyclic) bond motifs is 1. The van der Waals surface area contributed by atoms with Crippen LogP contribution in [0.15, 0.2) is 36.4 Å². The van der Waals surface area contributed by atoms with Crippen molar-refractivity contribution in [3.8, 4) is 0 Å². The molecule has 4 rings (SSSR count). The summed E-state index contributed by atoms with van der Waals surface area (Å²) in [6.07, 6.45) is 3.22. The third kappa shape index (κ3) is 4.29. The highest BCUT2D eigenvalue weighted by atomic mass is 32.2. The number of benzene rings is 2. The van der Waals surface area contributed by atoms with Gasteiger partial charge in [-0.2, -0.15) is 0 Å². The normalized spacial score (nSPS) is 21.0. The second-order valence-electron chi connectivity index (χ2n) is 7.90. The molecule has 1 aliphatic heterocycles. The van der Waals surface area contributed by atoms with Gasteiger partial charge < -0.3 is 5.32 Å². The summed E-state index contributed by atoms with van der Waals surface area (Å²) in [4.78, 5) is 12.8. The second kappa shape index (κ2) is 7.78. The van der Waals surface area contributed by atoms with Crippen LogP contribution < -0.4 is 20.9 Å². The summed E-state index contributed by atoms with van der Waals surface area (Å²) in [5.74, 6) is -1.08. The van der Waals surface area contributed by atoms with E-state index in [0.717, 1.165) is 30.4 Å². The van der Waals surface area contributed by atoms with Crippen molar-refractivity contribution in [2.45, 2.75) is 38.5 Å². The van der Waals surface area contributed by atoms with Gasteiger partial charge in [-0.1, -0.05) is 12.1 Å². The van der Waals surface area contributed by atoms with Gasteiger partial charge in [-0.05, 0) is 79.6 Å². The number of aryl methyl sites for hydroxylation is 4. The van der Waals surface area contributed by atoms with Crippen LogP contribution in [0, 0.1) is 19.8 Å². The summed E-state index contributed by atoms with van der Waals surface area (Å²) in [5.41, 5.74) is 11.3. The predicted molar refractivity (Wildman–Crippen MR) is 114 cm³/mol. The fourth-order valence-corrected chi connectivity index (χ4v) is 5.61. The molecule has 0 radical (unpaired) electrons. The molecule has 1 saturated heterocycles. The summed E-state index contributed by atoms with van der Waals surface area (Å²) in [5, 5.41) is 1.82. The van der Waals surface area contributed by atoms with E-state index in [9.17, 15) is 13.2 Å². The van der Waals surface area contributed by atoms with Crippen LogP contribution in [-0.2, 0) is 27.7 Å². The molecule has 1 aliphatic carbocycles. The Morgan fingerprint density at radius 3 is 2.48 bits per heavy atom. The van der Waals surface area contributed by atoms with Gasteiger partial charge in [0.25, 0.3) is 10.0 Å². The van der Waals surface area contributed by atoms with E-state index in [-0.39, 0.29) is 12.5 Å². The van der Waals surface area contributed by atoms with Gasteiger partial charge in [0.2, 0.25) is 5.91 Å². The molecule has 2 aromatic rings. The number of carbonyl (C=O) groups excluding carboxylic acids is 1. The predicted octanol–water partition coefficient (Wildman–Crippen LogP) is 2.22. The van der Waals surface area contributed by atoms with Crippen LogP contribution in [0.25, 0.3) is 0 Å². The molecule has 7 nitrogen and oxygen atoms in total. The Kier molecular flexibility index (Phi) is 5.33. The lowest BCUT2D eigenvalue weighted by molar-refractivity contribution is -0.119. The smallest absolute Gasteiger partial charge is 0.250 e. The van der Waals surface area contributed by atoms with Crippen molar-refractivity contribution in [2.24, 2.45) is 5.92 Å². The van der Waals surface area contributed by atoms with Crippen molar-refractivity contribution in [1.29, 1.82) is 0 Å². The minimum absolute atomic E-state index is 0.231. The molecule has 29 heavy (non-hydrogen) atoms. The Labute approximate surface area is 171 Å². The lowest BCUT2D eigenvalue weighted by Gasteiger charge is -2.20. The topological polar surface area (TPSA) is 99.3 Å². The fraction of sp³-hybridized carbons (Fsp3) is 0.381. The molecule has 8 heteroatoms. The van der Waals surface area contributed by atoms with Crippen molar-refractivity contribution in [3.63, 3.8) is 0 Å². The molecule has 2 aliphatic rings. The molecule has 4 N–H and O–H groups in total. The third-order valence-electron chi connectivity index (χ3n) is 5.45. The summed E-state index contributed by atoms with van der Waals surface area (Å²) in [7, 11) is -3.83. The van der Waals surface area contributed by atoms with E-state index in [4.69, 9.17) is 0 Å². The average Bonchev–Trinajstić information content (AvgIpc) is 3.29. The van der Waals surface area contributed by atoms with Crippen molar-refractivity contribution in [3.05, 3.63) is 58.7 Å². The zero-order valence-electron chi connectivity index (χ0n) is 16.6. The van der Waals surface area contributed by atoms with Gasteiger partial charge >= 0.3 is 0 Å². The molecule has 1 amide bonds. The largest absolute Gasteiger partial charge is 0.326 e. The fourth-order valence-electron chi connectivity index (χ4n) is 4.15. The number of amides is 1. The van der Waals surface area contributed by atoms with Crippen LogP contribution in [-0.4, -0.2) is 26.2 Å². The number of hydrazine groups is 1. The maximum absolute atomic E-state index is 13.0. The quantitative estimate of drug-likeness (QED) is 0.601. The number of anilines is 2. The minimum Gasteiger partial charge on any atom is -0.326 e. The second-order valence-corrected chi connectivity index (χ2v) is 9.70. The molecule has 1 fully saturated rings. The number of sulfonamides is 1. The highest BCUT2D eigenvalue weighted by molar-refractivity contribution is 7.93. The number of hydrogen-bond donors (Lipinski definition) is 4. The molecular formula is C21H26N4O3S. The van der Waals surface area contributed by atoms with E-state index < -0.39 is 21.3 Å². The van der Waals surface area contributed by atoms with Gasteiger partial charge in [0, 0.05) is 17.9 Å². The van der Waals surface area contributed by atoms with Crippen molar-refractivity contribution < 1.29 is 13.2 Å². The highest BCUT2D eigenvalue weighted by Crippen LogP contribution is 2.26. The standard InChI is InChI=1S/C21H26N4O3S/c1-13-8-14(2)10-18(9-13)25-29(27,28)21-19(12-22-24-21)20(26)23-17-7-6-15-4-3-5-16(15)11-17/h6-11,19,21-22,24-25H,3-5,12H2,1-2H3,(H,23,26). The molecule has 2 aromatic carbocycles. The zero-order chi connectivity index (χ0) is 20.6. The molecule has 0 saturated carbocycles. The molecule has 2 atom stereocenters. The lowest BCUT2D eigenvalue weighted by atomic mass is 10.1. The first kappa shape index (κ1) is 19.9. The molecule has 1 heterocycles. The van der Waals surface area contributed by atoms with Crippen LogP contribution >= 0.6 is 0 Å². The number of carbonyl (C=O) groups is 1. The van der Waals surface area contributed by atoms with Crippen LogP contribution in [0.1, 0.15) is 28.7 Å². The first-order chi connectivity index (χ1) is 13.8. The van der Waals surface area contributed by atoms with Gasteiger partial charge in [-0.3, -0.25) is 14.9 Å². The van der Waals surface area contributed by atoms with E-state index in [1.165, 1.54) is 11.1 Å². The summed E-state index contributed by atoms with van der Waals surface area (Å²) in [6.45, 7) is 4.05. The zero-order valence-corrected chi connectivity index (χ0v) is 17.4. The van der Waals surface area contributed by atoms with Crippen molar-refractivity contribution in [1.82, 2.24) is 10.9 Å². The maximum Gasteiger partial charge on any atom is 0.250 e. The lowest BCUT2D eigenvalue weighted by Crippen LogP contribution is -2.45. The van der Waals surface area contributed by atoms with Gasteiger partial charge in [-0.15, -0.1) is 0 Å². The average molecular weight is 415 g/mol. The Balaban J connectivity index is 1.49. The van der Waals surface area contributed by atoms with E-state index in [1.54, 1.807) is 12.1 Å². The van der Waals surface area contributed by atoms with Crippen molar-refractivity contribution in [2.75, 3.05) is 16.6 Å². The number of nitrogens with one attached hydrogen (secondary N) is 4. The molecule has 2 unspecified atom stereocenters. The van der Waals surface area contributed by atoms with Crippen LogP contribution in [0.4, 0.5) is 11.4 Å². The van der Waals surface area contributed by atoms with E-state index >= 15 is 0 Å². The highest BCUT2D eigenvalue weighted by Gasteiger charge is 2.42. The summed E-state index contributed by atoms with van der Waals surface area (Å²) in [6, 6.07) is 11.4. The monoisotopic (exact) mass is 414 g/mol. The van der Waals surface area contributed by atoms with E-state index in [2.05, 4.69) is 20.9 Å². The molecule has 0 bridgehead atoms. The van der Waals surface area contributed by atoms with Crippen LogP contribution in [0.3, 0.4) is 0 Å². The van der Waals surface area contributed by atoms with Gasteiger partial charge in [0.15, 0.2) is 5.37 Å². The Hall–Kier alpha value is -2.42. The van der Waals surface area contributed by atoms with Gasteiger partial charge in [0.05, 0.1) is 5.92 Å². The summed E-state index contributed by atoms with van der Waals surface area (Å²) < 4.78 is 28.5. The molecule has 154 valence electrons. The summed E-state index contributed by atoms with van der Waals surface area (Å²) >= 11 is 0. The maximum atomic E-state index is 13.0. The Morgan fingerprint density at radius 2 is 1.72 bits per heavy atom. The third-order valence-corrected chi connectivity index (χ3v) is 7.09. The van der Waals surface area contributed by atoms with Crippen LogP contribution in [0.2, 0.25) is 0 Å². The van der Waals surface area contributed by atoms with Gasteiger partial charge in [-0.25, -0.2) is 13.8 Å². The van der Waals surface area contributed by atoms with E-state index in [0.29, 0.717) is 11.4 Å². The van der Waals surface area contributed by atoms with E-state index in [1.807, 2.05) is 38.1 Å². The van der Waals surface area contributed by atoms with Crippen molar-refractivity contribution >= 4 is 27.3 Å². The Bertz CT molecular complexity index is 1030. The minimum atomic E-state index is -3.83. The molecule has 0 spiro atoms. The Morgan fingerprint density at radius 1 is 1.00 bits per heavy atom. The first-order valence-electron chi connectivity index (χ1n) is 9.83. The molecule has 0 aromatic heterocycles.